The van der Waals surface area contributed by atoms with Crippen LogP contribution in [0, 0.1) is 0 Å². The Kier molecular flexibility index (Phi) is 4.81. The highest BCUT2D eigenvalue weighted by molar-refractivity contribution is 6.23. The molecule has 1 heterocycles. The van der Waals surface area contributed by atoms with Crippen LogP contribution in [0.2, 0.25) is 0 Å². The Morgan fingerprint density at radius 2 is 0.956 bits per heavy atom. The second kappa shape index (κ2) is 10.4. The predicted molar refractivity (Wildman–Crippen MR) is 190 cm³/mol. The standard InChI is InChI=1S/C44H28O/c1-3-14-29(15-4-1)32-18-7-8-19-35(32)43-38-22-11-9-20-36(38)42(37-21-10-12-23-39(37)43)31-26-27-34-40-25-13-24-33(30-16-5-2-6-17-30)44(40)45-41(34)28-31/h1-28H/i2D,5D,6D,16D,17D. The lowest BCUT2D eigenvalue weighted by Gasteiger charge is -2.19. The molecule has 0 aliphatic heterocycles. The number of para-hydroxylation sites is 1. The number of hydrogen-bond acceptors (Lipinski definition) is 1. The molecule has 0 spiro atoms. The molecule has 0 aliphatic rings. The quantitative estimate of drug-likeness (QED) is 0.190. The molecule has 8 aromatic carbocycles. The first-order chi connectivity index (χ1) is 24.4. The molecule has 9 aromatic rings. The maximum Gasteiger partial charge on any atom is 0.143 e. The molecule has 0 radical (unpaired) electrons. The van der Waals surface area contributed by atoms with Gasteiger partial charge in [0.1, 0.15) is 11.2 Å². The first-order valence-corrected chi connectivity index (χ1v) is 15.0. The minimum absolute atomic E-state index is 0.129. The summed E-state index contributed by atoms with van der Waals surface area (Å²) in [7, 11) is 0. The third-order valence-corrected chi connectivity index (χ3v) is 8.77. The molecule has 0 unspecified atom stereocenters. The molecule has 0 atom stereocenters. The zero-order valence-corrected chi connectivity index (χ0v) is 24.2. The average Bonchev–Trinajstić information content (AvgIpc) is 3.54. The van der Waals surface area contributed by atoms with Crippen LogP contribution in [0.5, 0.6) is 0 Å². The van der Waals surface area contributed by atoms with Crippen molar-refractivity contribution >= 4 is 43.5 Å². The van der Waals surface area contributed by atoms with Gasteiger partial charge in [-0.25, -0.2) is 0 Å². The molecular formula is C44H28O. The maximum absolute atomic E-state index is 8.61. The van der Waals surface area contributed by atoms with Crippen LogP contribution in [0.3, 0.4) is 0 Å². The zero-order valence-electron chi connectivity index (χ0n) is 29.2. The first kappa shape index (κ1) is 20.9. The van der Waals surface area contributed by atoms with Crippen LogP contribution in [0.15, 0.2) is 174 Å². The molecule has 0 N–H and O–H groups in total. The highest BCUT2D eigenvalue weighted by Crippen LogP contribution is 2.47. The third kappa shape index (κ3) is 4.09. The molecule has 1 nitrogen and oxygen atoms in total. The maximum atomic E-state index is 8.61. The summed E-state index contributed by atoms with van der Waals surface area (Å²) in [5, 5.41) is 6.26. The molecule has 0 aliphatic carbocycles. The summed E-state index contributed by atoms with van der Waals surface area (Å²) in [6, 6.07) is 46.4. The fraction of sp³-hybridized carbons (Fsp3) is 0. The van der Waals surface area contributed by atoms with Crippen molar-refractivity contribution in [1.82, 2.24) is 0 Å². The van der Waals surface area contributed by atoms with E-state index >= 15 is 0 Å². The minimum atomic E-state index is -0.417. The monoisotopic (exact) mass is 577 g/mol. The molecule has 0 fully saturated rings. The Morgan fingerprint density at radius 1 is 0.378 bits per heavy atom. The van der Waals surface area contributed by atoms with Crippen molar-refractivity contribution in [2.75, 3.05) is 0 Å². The van der Waals surface area contributed by atoms with E-state index in [4.69, 9.17) is 11.3 Å². The molecular weight excluding hydrogens is 544 g/mol. The number of benzene rings is 8. The van der Waals surface area contributed by atoms with E-state index in [9.17, 15) is 0 Å². The lowest BCUT2D eigenvalue weighted by atomic mass is 9.84. The average molecular weight is 578 g/mol. The second-order valence-corrected chi connectivity index (χ2v) is 11.2. The van der Waals surface area contributed by atoms with Gasteiger partial charge >= 0.3 is 0 Å². The molecule has 9 rings (SSSR count). The number of furan rings is 1. The number of fused-ring (bicyclic) bond motifs is 5. The summed E-state index contributed by atoms with van der Waals surface area (Å²) >= 11 is 0. The molecule has 45 heavy (non-hydrogen) atoms. The van der Waals surface area contributed by atoms with Crippen LogP contribution in [0.4, 0.5) is 0 Å². The van der Waals surface area contributed by atoms with Crippen molar-refractivity contribution in [3.63, 3.8) is 0 Å². The summed E-state index contributed by atoms with van der Waals surface area (Å²) in [5.41, 5.74) is 8.54. The predicted octanol–water partition coefficient (Wildman–Crippen LogP) is 12.6. The minimum Gasteiger partial charge on any atom is -0.455 e. The molecule has 1 aromatic heterocycles. The van der Waals surface area contributed by atoms with Crippen molar-refractivity contribution in [1.29, 1.82) is 0 Å². The van der Waals surface area contributed by atoms with Gasteiger partial charge in [-0.15, -0.1) is 0 Å². The number of rotatable bonds is 4. The van der Waals surface area contributed by atoms with Gasteiger partial charge in [0.05, 0.1) is 6.85 Å². The van der Waals surface area contributed by atoms with Gasteiger partial charge in [-0.1, -0.05) is 158 Å². The molecule has 210 valence electrons. The summed E-state index contributed by atoms with van der Waals surface area (Å²) in [4.78, 5) is 0. The van der Waals surface area contributed by atoms with Gasteiger partial charge in [0.2, 0.25) is 0 Å². The zero-order chi connectivity index (χ0) is 34.1. The summed E-state index contributed by atoms with van der Waals surface area (Å²) in [6.07, 6.45) is 0. The van der Waals surface area contributed by atoms with E-state index in [1.165, 1.54) is 22.3 Å². The molecule has 0 bridgehead atoms. The Hall–Kier alpha value is -5.92. The topological polar surface area (TPSA) is 13.1 Å². The van der Waals surface area contributed by atoms with Crippen molar-refractivity contribution in [3.05, 3.63) is 170 Å². The van der Waals surface area contributed by atoms with Gasteiger partial charge in [-0.05, 0) is 72.6 Å². The molecule has 0 saturated carbocycles. The van der Waals surface area contributed by atoms with Gasteiger partial charge in [0, 0.05) is 16.3 Å². The first-order valence-electron chi connectivity index (χ1n) is 17.5. The van der Waals surface area contributed by atoms with Crippen molar-refractivity contribution in [2.24, 2.45) is 0 Å². The highest BCUT2D eigenvalue weighted by atomic mass is 16.3. The van der Waals surface area contributed by atoms with E-state index in [0.717, 1.165) is 43.4 Å². The van der Waals surface area contributed by atoms with E-state index in [-0.39, 0.29) is 29.7 Å². The fourth-order valence-electron chi connectivity index (χ4n) is 6.84. The van der Waals surface area contributed by atoms with Crippen molar-refractivity contribution in [3.8, 4) is 44.5 Å². The van der Waals surface area contributed by atoms with Gasteiger partial charge < -0.3 is 4.42 Å². The molecule has 0 amide bonds. The molecule has 1 heteroatoms. The van der Waals surface area contributed by atoms with Gasteiger partial charge in [0.15, 0.2) is 0 Å². The van der Waals surface area contributed by atoms with Gasteiger partial charge in [-0.2, -0.15) is 0 Å². The van der Waals surface area contributed by atoms with E-state index < -0.39 is 6.04 Å². The van der Waals surface area contributed by atoms with Crippen LogP contribution >= 0.6 is 0 Å². The van der Waals surface area contributed by atoms with Crippen LogP contribution in [0.25, 0.3) is 88.0 Å². The Morgan fingerprint density at radius 3 is 1.67 bits per heavy atom. The smallest absolute Gasteiger partial charge is 0.143 e. The van der Waals surface area contributed by atoms with Crippen LogP contribution in [-0.2, 0) is 0 Å². The van der Waals surface area contributed by atoms with Crippen molar-refractivity contribution in [2.45, 2.75) is 0 Å². The number of hydrogen-bond donors (Lipinski definition) is 0. The van der Waals surface area contributed by atoms with Crippen molar-refractivity contribution < 1.29 is 11.3 Å². The van der Waals surface area contributed by atoms with Crippen LogP contribution in [-0.4, -0.2) is 0 Å². The molecule has 0 saturated heterocycles. The lowest BCUT2D eigenvalue weighted by Crippen LogP contribution is -1.92. The Balaban J connectivity index is 1.30. The Bertz CT molecular complexity index is 2730. The van der Waals surface area contributed by atoms with E-state index in [2.05, 4.69) is 115 Å². The SMILES string of the molecule is [2H]c1c([2H])c([2H])c(-c2cccc3c2oc2cc(-c4c5ccccc5c(-c5ccccc5-c5ccccc5)c5ccccc45)ccc23)c([2H])c1[2H]. The fourth-order valence-corrected chi connectivity index (χ4v) is 6.84. The van der Waals surface area contributed by atoms with Gasteiger partial charge in [0.25, 0.3) is 0 Å². The normalized spacial score (nSPS) is 13.1. The van der Waals surface area contributed by atoms with Crippen LogP contribution in [0.1, 0.15) is 6.85 Å². The third-order valence-electron chi connectivity index (χ3n) is 8.77. The lowest BCUT2D eigenvalue weighted by molar-refractivity contribution is 0.670. The van der Waals surface area contributed by atoms with Gasteiger partial charge in [-0.3, -0.25) is 0 Å². The summed E-state index contributed by atoms with van der Waals surface area (Å²) in [6.45, 7) is 0. The highest BCUT2D eigenvalue weighted by Gasteiger charge is 2.20. The Labute approximate surface area is 268 Å². The van der Waals surface area contributed by atoms with Crippen LogP contribution < -0.4 is 0 Å². The van der Waals surface area contributed by atoms with E-state index in [1.807, 2.05) is 18.2 Å². The summed E-state index contributed by atoms with van der Waals surface area (Å²) in [5.74, 6) is 0. The largest absolute Gasteiger partial charge is 0.455 e. The van der Waals surface area contributed by atoms with E-state index in [0.29, 0.717) is 16.7 Å². The summed E-state index contributed by atoms with van der Waals surface area (Å²) < 4.78 is 48.3. The van der Waals surface area contributed by atoms with E-state index in [1.54, 1.807) is 6.07 Å². The second-order valence-electron chi connectivity index (χ2n) is 11.2.